The molecule has 0 aliphatic rings. The summed E-state index contributed by atoms with van der Waals surface area (Å²) in [5.41, 5.74) is 1.75. The monoisotopic (exact) mass is 408 g/mol. The summed E-state index contributed by atoms with van der Waals surface area (Å²) in [5.74, 6) is -1.70. The van der Waals surface area contributed by atoms with Gasteiger partial charge in [0.1, 0.15) is 23.1 Å². The second-order valence-electron chi connectivity index (χ2n) is 5.90. The SMILES string of the molecule is Cc1ccc(NC(=O)/C(C#N)=C/c2ccc(OC(F)F)cc2OC(F)F)c(C)c1. The molecule has 0 unspecified atom stereocenters. The standard InChI is InChI=1S/C20H16F4N2O3/c1-11-3-6-16(12(2)7-11)26-18(27)14(10-25)8-13-4-5-15(28-19(21)22)9-17(13)29-20(23)24/h3-9,19-20H,1-2H3,(H,26,27)/b14-8+. The molecule has 2 rings (SSSR count). The van der Waals surface area contributed by atoms with Crippen LogP contribution in [0.5, 0.6) is 11.5 Å². The lowest BCUT2D eigenvalue weighted by atomic mass is 10.1. The number of anilines is 1. The van der Waals surface area contributed by atoms with Gasteiger partial charge in [-0.3, -0.25) is 4.79 Å². The van der Waals surface area contributed by atoms with E-state index in [1.807, 2.05) is 13.0 Å². The summed E-state index contributed by atoms with van der Waals surface area (Å²) in [5, 5.41) is 11.9. The Kier molecular flexibility index (Phi) is 7.20. The van der Waals surface area contributed by atoms with Crippen LogP contribution in [-0.4, -0.2) is 19.1 Å². The molecule has 0 bridgehead atoms. The number of benzene rings is 2. The van der Waals surface area contributed by atoms with Crippen LogP contribution in [0.1, 0.15) is 16.7 Å². The summed E-state index contributed by atoms with van der Waals surface area (Å²) in [6.45, 7) is -2.76. The lowest BCUT2D eigenvalue weighted by Gasteiger charge is -2.12. The Morgan fingerprint density at radius 1 is 1.07 bits per heavy atom. The molecule has 0 saturated heterocycles. The Morgan fingerprint density at radius 2 is 1.76 bits per heavy atom. The van der Waals surface area contributed by atoms with Crippen LogP contribution in [0.15, 0.2) is 42.0 Å². The van der Waals surface area contributed by atoms with Crippen molar-refractivity contribution < 1.29 is 31.8 Å². The zero-order chi connectivity index (χ0) is 21.6. The molecule has 2 aromatic rings. The van der Waals surface area contributed by atoms with Crippen molar-refractivity contribution in [2.45, 2.75) is 27.1 Å². The minimum absolute atomic E-state index is 0.0840. The number of nitrogens with zero attached hydrogens (tertiary/aromatic N) is 1. The number of carbonyl (C=O) groups is 1. The van der Waals surface area contributed by atoms with E-state index in [1.165, 1.54) is 0 Å². The summed E-state index contributed by atoms with van der Waals surface area (Å²) in [4.78, 5) is 12.4. The topological polar surface area (TPSA) is 71.4 Å². The van der Waals surface area contributed by atoms with Crippen molar-refractivity contribution in [2.24, 2.45) is 0 Å². The van der Waals surface area contributed by atoms with Crippen LogP contribution in [0.2, 0.25) is 0 Å². The van der Waals surface area contributed by atoms with Crippen LogP contribution in [0.4, 0.5) is 23.2 Å². The highest BCUT2D eigenvalue weighted by atomic mass is 19.3. The Balaban J connectivity index is 2.35. The average Bonchev–Trinajstić information content (AvgIpc) is 2.62. The highest BCUT2D eigenvalue weighted by Gasteiger charge is 2.16. The number of rotatable bonds is 7. The number of aryl methyl sites for hydroxylation is 2. The van der Waals surface area contributed by atoms with Crippen molar-refractivity contribution in [2.75, 3.05) is 5.32 Å². The highest BCUT2D eigenvalue weighted by Crippen LogP contribution is 2.29. The van der Waals surface area contributed by atoms with Gasteiger partial charge in [-0.1, -0.05) is 17.7 Å². The van der Waals surface area contributed by atoms with E-state index in [0.717, 1.165) is 35.4 Å². The number of hydrogen-bond donors (Lipinski definition) is 1. The second kappa shape index (κ2) is 9.59. The molecule has 0 atom stereocenters. The van der Waals surface area contributed by atoms with Crippen molar-refractivity contribution in [3.63, 3.8) is 0 Å². The van der Waals surface area contributed by atoms with Crippen LogP contribution in [0, 0.1) is 25.2 Å². The highest BCUT2D eigenvalue weighted by molar-refractivity contribution is 6.10. The second-order valence-corrected chi connectivity index (χ2v) is 5.90. The molecular weight excluding hydrogens is 392 g/mol. The van der Waals surface area contributed by atoms with Gasteiger partial charge >= 0.3 is 13.2 Å². The van der Waals surface area contributed by atoms with Gasteiger partial charge in [-0.15, -0.1) is 0 Å². The Bertz CT molecular complexity index is 969. The first-order valence-electron chi connectivity index (χ1n) is 8.23. The van der Waals surface area contributed by atoms with Crippen LogP contribution in [-0.2, 0) is 4.79 Å². The Hall–Kier alpha value is -3.54. The molecule has 9 heteroatoms. The van der Waals surface area contributed by atoms with Gasteiger partial charge in [-0.25, -0.2) is 0 Å². The Labute approximate surface area is 164 Å². The summed E-state index contributed by atoms with van der Waals surface area (Å²) in [7, 11) is 0. The number of alkyl halides is 4. The van der Waals surface area contributed by atoms with Crippen molar-refractivity contribution in [1.82, 2.24) is 0 Å². The van der Waals surface area contributed by atoms with E-state index in [4.69, 9.17) is 0 Å². The summed E-state index contributed by atoms with van der Waals surface area (Å²) >= 11 is 0. The lowest BCUT2D eigenvalue weighted by Crippen LogP contribution is -2.14. The molecule has 29 heavy (non-hydrogen) atoms. The molecule has 0 aliphatic heterocycles. The van der Waals surface area contributed by atoms with Crippen LogP contribution in [0.25, 0.3) is 6.08 Å². The van der Waals surface area contributed by atoms with Gasteiger partial charge < -0.3 is 14.8 Å². The zero-order valence-corrected chi connectivity index (χ0v) is 15.4. The van der Waals surface area contributed by atoms with Gasteiger partial charge in [0.25, 0.3) is 5.91 Å². The molecule has 0 aliphatic carbocycles. The van der Waals surface area contributed by atoms with Gasteiger partial charge in [0.2, 0.25) is 0 Å². The van der Waals surface area contributed by atoms with E-state index in [1.54, 1.807) is 25.1 Å². The molecule has 0 saturated carbocycles. The van der Waals surface area contributed by atoms with E-state index in [-0.39, 0.29) is 5.56 Å². The Morgan fingerprint density at radius 3 is 2.34 bits per heavy atom. The van der Waals surface area contributed by atoms with Gasteiger partial charge in [0.15, 0.2) is 0 Å². The molecule has 5 nitrogen and oxygen atoms in total. The van der Waals surface area contributed by atoms with Gasteiger partial charge in [-0.2, -0.15) is 22.8 Å². The number of nitrogens with one attached hydrogen (secondary N) is 1. The van der Waals surface area contributed by atoms with Crippen molar-refractivity contribution in [3.8, 4) is 17.6 Å². The maximum Gasteiger partial charge on any atom is 0.387 e. The first-order chi connectivity index (χ1) is 13.7. The minimum Gasteiger partial charge on any atom is -0.435 e. The zero-order valence-electron chi connectivity index (χ0n) is 15.4. The van der Waals surface area contributed by atoms with E-state index in [9.17, 15) is 27.6 Å². The molecule has 1 N–H and O–H groups in total. The predicted molar refractivity (Wildman–Crippen MR) is 97.8 cm³/mol. The molecular formula is C20H16F4N2O3. The van der Waals surface area contributed by atoms with E-state index < -0.39 is 36.2 Å². The molecule has 1 amide bonds. The third-order valence-electron chi connectivity index (χ3n) is 3.72. The number of halogens is 4. The number of hydrogen-bond acceptors (Lipinski definition) is 4. The summed E-state index contributed by atoms with van der Waals surface area (Å²) in [6.07, 6.45) is 1.02. The number of carbonyl (C=O) groups excluding carboxylic acids is 1. The first-order valence-corrected chi connectivity index (χ1v) is 8.23. The molecule has 0 radical (unpaired) electrons. The maximum atomic E-state index is 12.7. The van der Waals surface area contributed by atoms with Gasteiger partial charge in [0, 0.05) is 17.3 Å². The van der Waals surface area contributed by atoms with Crippen LogP contribution >= 0.6 is 0 Å². The van der Waals surface area contributed by atoms with Gasteiger partial charge in [-0.05, 0) is 43.7 Å². The van der Waals surface area contributed by atoms with Gasteiger partial charge in [0.05, 0.1) is 0 Å². The number of nitriles is 1. The normalized spacial score (nSPS) is 11.3. The molecule has 2 aromatic carbocycles. The molecule has 0 heterocycles. The fraction of sp³-hybridized carbons (Fsp3) is 0.200. The summed E-state index contributed by atoms with van der Waals surface area (Å²) in [6, 6.07) is 9.98. The third-order valence-corrected chi connectivity index (χ3v) is 3.72. The van der Waals surface area contributed by atoms with E-state index in [2.05, 4.69) is 14.8 Å². The number of ether oxygens (including phenoxy) is 2. The fourth-order valence-corrected chi connectivity index (χ4v) is 2.46. The average molecular weight is 408 g/mol. The molecule has 0 spiro atoms. The maximum absolute atomic E-state index is 12.7. The van der Waals surface area contributed by atoms with Crippen molar-refractivity contribution in [1.29, 1.82) is 5.26 Å². The van der Waals surface area contributed by atoms with Crippen LogP contribution in [0.3, 0.4) is 0 Å². The van der Waals surface area contributed by atoms with Crippen molar-refractivity contribution in [3.05, 3.63) is 58.7 Å². The van der Waals surface area contributed by atoms with E-state index in [0.29, 0.717) is 5.69 Å². The van der Waals surface area contributed by atoms with E-state index >= 15 is 0 Å². The summed E-state index contributed by atoms with van der Waals surface area (Å²) < 4.78 is 58.4. The first kappa shape index (κ1) is 21.8. The van der Waals surface area contributed by atoms with Crippen molar-refractivity contribution >= 4 is 17.7 Å². The quantitative estimate of drug-likeness (QED) is 0.395. The third kappa shape index (κ3) is 6.24. The van der Waals surface area contributed by atoms with Crippen LogP contribution < -0.4 is 14.8 Å². The molecule has 0 aromatic heterocycles. The number of amides is 1. The predicted octanol–water partition coefficient (Wildman–Crippen LogP) is 5.05. The molecule has 152 valence electrons. The minimum atomic E-state index is -3.25. The largest absolute Gasteiger partial charge is 0.435 e. The lowest BCUT2D eigenvalue weighted by molar-refractivity contribution is -0.112. The molecule has 0 fully saturated rings. The fourth-order valence-electron chi connectivity index (χ4n) is 2.46. The smallest absolute Gasteiger partial charge is 0.387 e.